The van der Waals surface area contributed by atoms with E-state index in [1.54, 1.807) is 0 Å². The first-order valence-corrected chi connectivity index (χ1v) is 20.1. The summed E-state index contributed by atoms with van der Waals surface area (Å²) in [5.74, 6) is 0. The van der Waals surface area contributed by atoms with Gasteiger partial charge in [-0.25, -0.2) is 0 Å². The molecule has 0 saturated heterocycles. The van der Waals surface area contributed by atoms with E-state index in [1.807, 2.05) is 6.07 Å². The molecule has 3 nitrogen and oxygen atoms in total. The Balaban J connectivity index is 1.17. The summed E-state index contributed by atoms with van der Waals surface area (Å²) in [6.45, 7) is 0. The first-order valence-electron chi connectivity index (χ1n) is 20.1. The van der Waals surface area contributed by atoms with E-state index in [9.17, 15) is 0 Å². The van der Waals surface area contributed by atoms with Crippen molar-refractivity contribution in [3.63, 3.8) is 0 Å². The van der Waals surface area contributed by atoms with Gasteiger partial charge in [-0.05, 0) is 68.7 Å². The highest BCUT2D eigenvalue weighted by Crippen LogP contribution is 2.51. The first-order chi connectivity index (χ1) is 29.3. The zero-order valence-electron chi connectivity index (χ0n) is 32.0. The Kier molecular flexibility index (Phi) is 7.54. The fourth-order valence-electron chi connectivity index (χ4n) is 9.14. The Labute approximate surface area is 340 Å². The van der Waals surface area contributed by atoms with E-state index < -0.39 is 0 Å². The molecule has 276 valence electrons. The molecule has 0 aliphatic heterocycles. The van der Waals surface area contributed by atoms with Crippen LogP contribution in [0.3, 0.4) is 0 Å². The average Bonchev–Trinajstić information content (AvgIpc) is 3.90. The van der Waals surface area contributed by atoms with Crippen LogP contribution in [0.2, 0.25) is 0 Å². The summed E-state index contributed by atoms with van der Waals surface area (Å²) < 4.78 is 14.1. The van der Waals surface area contributed by atoms with Crippen molar-refractivity contribution in [1.82, 2.24) is 0 Å². The maximum Gasteiger partial charge on any atom is 0.159 e. The molecule has 12 rings (SSSR count). The first kappa shape index (κ1) is 33.3. The van der Waals surface area contributed by atoms with Crippen molar-refractivity contribution in [3.05, 3.63) is 212 Å². The van der Waals surface area contributed by atoms with Crippen LogP contribution in [0.1, 0.15) is 0 Å². The van der Waals surface area contributed by atoms with Gasteiger partial charge in [-0.1, -0.05) is 182 Å². The van der Waals surface area contributed by atoms with Gasteiger partial charge in [0.05, 0.1) is 22.4 Å². The number of anilines is 3. The molecule has 12 aromatic rings. The topological polar surface area (TPSA) is 29.5 Å². The third kappa shape index (κ3) is 5.29. The van der Waals surface area contributed by atoms with Gasteiger partial charge in [-0.2, -0.15) is 0 Å². The van der Waals surface area contributed by atoms with Gasteiger partial charge in [0.2, 0.25) is 0 Å². The van der Waals surface area contributed by atoms with Gasteiger partial charge in [0.25, 0.3) is 0 Å². The van der Waals surface area contributed by atoms with Crippen LogP contribution in [-0.4, -0.2) is 0 Å². The maximum absolute atomic E-state index is 7.15. The van der Waals surface area contributed by atoms with Crippen LogP contribution in [0, 0.1) is 0 Å². The van der Waals surface area contributed by atoms with Crippen LogP contribution >= 0.6 is 0 Å². The number of hydrogen-bond donors (Lipinski definition) is 0. The summed E-state index contributed by atoms with van der Waals surface area (Å²) in [7, 11) is 0. The van der Waals surface area contributed by atoms with Gasteiger partial charge < -0.3 is 13.7 Å². The lowest BCUT2D eigenvalue weighted by molar-refractivity contribution is 0.669. The second kappa shape index (κ2) is 13.4. The minimum atomic E-state index is 0.824. The number of fused-ring (bicyclic) bond motifs is 9. The van der Waals surface area contributed by atoms with E-state index in [-0.39, 0.29) is 0 Å². The molecule has 0 amide bonds. The highest BCUT2D eigenvalue weighted by atomic mass is 16.3. The Hall–Kier alpha value is -7.88. The van der Waals surface area contributed by atoms with E-state index in [0.717, 1.165) is 88.6 Å². The lowest BCUT2D eigenvalue weighted by Gasteiger charge is -2.28. The molecule has 0 bridgehead atoms. The second-order valence-electron chi connectivity index (χ2n) is 15.2. The van der Waals surface area contributed by atoms with Crippen molar-refractivity contribution in [2.45, 2.75) is 0 Å². The molecular formula is C56H35NO2. The van der Waals surface area contributed by atoms with Gasteiger partial charge in [-0.15, -0.1) is 0 Å². The third-order valence-corrected chi connectivity index (χ3v) is 11.9. The SMILES string of the molecule is c1ccc(-c2ccc(-c3ccc(N(c4cccc5c4oc4c(-c6ccccc6)cccc45)c4cccc5ccc6ccccc6c45)c4c3oc3ccccc34)cc2)cc1. The molecule has 0 radical (unpaired) electrons. The number of hydrogen-bond acceptors (Lipinski definition) is 3. The zero-order valence-corrected chi connectivity index (χ0v) is 32.0. The van der Waals surface area contributed by atoms with Crippen LogP contribution in [0.15, 0.2) is 221 Å². The normalized spacial score (nSPS) is 11.7. The van der Waals surface area contributed by atoms with Crippen molar-refractivity contribution in [1.29, 1.82) is 0 Å². The van der Waals surface area contributed by atoms with Gasteiger partial charge in [0.15, 0.2) is 5.58 Å². The van der Waals surface area contributed by atoms with Crippen molar-refractivity contribution in [3.8, 4) is 33.4 Å². The van der Waals surface area contributed by atoms with Gasteiger partial charge in [0, 0.05) is 32.7 Å². The fraction of sp³-hybridized carbons (Fsp3) is 0. The molecule has 2 heterocycles. The molecule has 0 unspecified atom stereocenters. The summed E-state index contributed by atoms with van der Waals surface area (Å²) in [6.07, 6.45) is 0. The summed E-state index contributed by atoms with van der Waals surface area (Å²) >= 11 is 0. The maximum atomic E-state index is 7.15. The minimum Gasteiger partial charge on any atom is -0.455 e. The van der Waals surface area contributed by atoms with Gasteiger partial charge in [0.1, 0.15) is 16.7 Å². The van der Waals surface area contributed by atoms with E-state index >= 15 is 0 Å². The molecule has 0 N–H and O–H groups in total. The number of benzene rings is 10. The van der Waals surface area contributed by atoms with E-state index in [2.05, 4.69) is 211 Å². The van der Waals surface area contributed by atoms with Crippen molar-refractivity contribution >= 4 is 82.5 Å². The lowest BCUT2D eigenvalue weighted by Crippen LogP contribution is -2.11. The number of furan rings is 2. The summed E-state index contributed by atoms with van der Waals surface area (Å²) in [5.41, 5.74) is 13.1. The molecule has 0 saturated carbocycles. The predicted octanol–water partition coefficient (Wildman–Crippen LogP) is 16.3. The van der Waals surface area contributed by atoms with Gasteiger partial charge >= 0.3 is 0 Å². The molecule has 0 aliphatic carbocycles. The Morgan fingerprint density at radius 3 is 1.64 bits per heavy atom. The number of rotatable bonds is 6. The van der Waals surface area contributed by atoms with Crippen molar-refractivity contribution < 1.29 is 8.83 Å². The Morgan fingerprint density at radius 2 is 0.814 bits per heavy atom. The van der Waals surface area contributed by atoms with Gasteiger partial charge in [-0.3, -0.25) is 0 Å². The molecule has 0 spiro atoms. The molecule has 59 heavy (non-hydrogen) atoms. The van der Waals surface area contributed by atoms with E-state index in [0.29, 0.717) is 0 Å². The third-order valence-electron chi connectivity index (χ3n) is 11.9. The standard InChI is InChI=1S/C56H35NO2/c1-3-14-36(15-4-1)37-28-30-40(31-29-37)44-34-35-49(53-47-21-9-10-27-51(47)58-56(44)53)57(48-25-11-19-41-33-32-39-18-7-8-20-42(39)52(41)48)50-26-13-24-46-45-23-12-22-43(54(45)59-55(46)50)38-16-5-2-6-17-38/h1-35H. The monoisotopic (exact) mass is 753 g/mol. The van der Waals surface area contributed by atoms with Crippen LogP contribution in [-0.2, 0) is 0 Å². The van der Waals surface area contributed by atoms with E-state index in [4.69, 9.17) is 8.83 Å². The summed E-state index contributed by atoms with van der Waals surface area (Å²) in [5, 5.41) is 8.96. The van der Waals surface area contributed by atoms with Crippen LogP contribution in [0.5, 0.6) is 0 Å². The summed E-state index contributed by atoms with van der Waals surface area (Å²) in [4.78, 5) is 2.41. The molecule has 0 aliphatic rings. The molecule has 10 aromatic carbocycles. The highest BCUT2D eigenvalue weighted by molar-refractivity contribution is 6.22. The minimum absolute atomic E-state index is 0.824. The molecule has 3 heteroatoms. The Bertz CT molecular complexity index is 3540. The number of para-hydroxylation sites is 3. The fourth-order valence-corrected chi connectivity index (χ4v) is 9.14. The smallest absolute Gasteiger partial charge is 0.159 e. The lowest BCUT2D eigenvalue weighted by atomic mass is 9.96. The number of nitrogens with zero attached hydrogens (tertiary/aromatic N) is 1. The van der Waals surface area contributed by atoms with Crippen LogP contribution in [0.25, 0.3) is 98.8 Å². The quantitative estimate of drug-likeness (QED) is 0.158. The average molecular weight is 754 g/mol. The molecular weight excluding hydrogens is 719 g/mol. The van der Waals surface area contributed by atoms with E-state index in [1.165, 1.54) is 27.3 Å². The zero-order chi connectivity index (χ0) is 38.9. The summed E-state index contributed by atoms with van der Waals surface area (Å²) in [6, 6.07) is 75.5. The Morgan fingerprint density at radius 1 is 0.271 bits per heavy atom. The largest absolute Gasteiger partial charge is 0.455 e. The highest BCUT2D eigenvalue weighted by Gasteiger charge is 2.27. The predicted molar refractivity (Wildman–Crippen MR) is 247 cm³/mol. The molecule has 0 atom stereocenters. The molecule has 0 fully saturated rings. The van der Waals surface area contributed by atoms with Crippen molar-refractivity contribution in [2.24, 2.45) is 0 Å². The van der Waals surface area contributed by atoms with Crippen molar-refractivity contribution in [2.75, 3.05) is 4.90 Å². The van der Waals surface area contributed by atoms with Crippen LogP contribution < -0.4 is 4.90 Å². The molecule has 2 aromatic heterocycles. The second-order valence-corrected chi connectivity index (χ2v) is 15.2. The van der Waals surface area contributed by atoms with Crippen LogP contribution in [0.4, 0.5) is 17.1 Å².